The van der Waals surface area contributed by atoms with E-state index < -0.39 is 0 Å². The number of aromatic nitrogens is 2. The van der Waals surface area contributed by atoms with Crippen LogP contribution in [0, 0.1) is 6.92 Å². The van der Waals surface area contributed by atoms with E-state index in [-0.39, 0.29) is 0 Å². The van der Waals surface area contributed by atoms with Gasteiger partial charge in [-0.15, -0.1) is 0 Å². The number of aryl methyl sites for hydroxylation is 2. The number of hydrogen-bond donors (Lipinski definition) is 0. The van der Waals surface area contributed by atoms with Gasteiger partial charge in [-0.25, -0.2) is 4.98 Å². The second-order valence-corrected chi connectivity index (χ2v) is 8.86. The van der Waals surface area contributed by atoms with Gasteiger partial charge in [-0.2, -0.15) is 0 Å². The van der Waals surface area contributed by atoms with Crippen molar-refractivity contribution in [2.24, 2.45) is 0 Å². The van der Waals surface area contributed by atoms with Crippen molar-refractivity contribution in [3.63, 3.8) is 0 Å². The largest absolute Gasteiger partial charge is 0.252 e. The normalized spacial score (nSPS) is 12.9. The van der Waals surface area contributed by atoms with Crippen LogP contribution in [0.2, 0.25) is 5.02 Å². The highest BCUT2D eigenvalue weighted by Gasteiger charge is 2.17. The monoisotopic (exact) mass is 432 g/mol. The highest BCUT2D eigenvalue weighted by molar-refractivity contribution is 6.31. The minimum Gasteiger partial charge on any atom is -0.252 e. The smallest absolute Gasteiger partial charge is 0.0968 e. The van der Waals surface area contributed by atoms with E-state index in [1.165, 1.54) is 21.9 Å². The van der Waals surface area contributed by atoms with Gasteiger partial charge in [0, 0.05) is 16.0 Å². The number of fused-ring (bicyclic) bond motifs is 6. The SMILES string of the molecule is Cc1cc(Cl)cc(-c2ccc(-c3cnc4c(n3)c3c(c5ccccc54)C=CCC3)cc2)c1. The summed E-state index contributed by atoms with van der Waals surface area (Å²) in [7, 11) is 0. The van der Waals surface area contributed by atoms with Crippen molar-refractivity contribution in [1.29, 1.82) is 0 Å². The highest BCUT2D eigenvalue weighted by atomic mass is 35.5. The number of hydrogen-bond acceptors (Lipinski definition) is 2. The molecule has 3 heteroatoms. The van der Waals surface area contributed by atoms with Gasteiger partial charge < -0.3 is 0 Å². The van der Waals surface area contributed by atoms with Crippen molar-refractivity contribution in [3.05, 3.63) is 101 Å². The molecule has 0 radical (unpaired) electrons. The van der Waals surface area contributed by atoms with Gasteiger partial charge in [-0.1, -0.05) is 78.4 Å². The fraction of sp³-hybridized carbons (Fsp3) is 0.103. The molecule has 4 aromatic carbocycles. The molecule has 2 nitrogen and oxygen atoms in total. The van der Waals surface area contributed by atoms with Crippen molar-refractivity contribution in [3.8, 4) is 22.4 Å². The van der Waals surface area contributed by atoms with E-state index in [1.54, 1.807) is 0 Å². The van der Waals surface area contributed by atoms with Gasteiger partial charge in [0.2, 0.25) is 0 Å². The summed E-state index contributed by atoms with van der Waals surface area (Å²) in [5, 5.41) is 3.18. The molecule has 5 aromatic rings. The molecular formula is C29H21ClN2. The molecule has 0 atom stereocenters. The minimum absolute atomic E-state index is 0.760. The zero-order valence-electron chi connectivity index (χ0n) is 17.8. The third-order valence-corrected chi connectivity index (χ3v) is 6.48. The van der Waals surface area contributed by atoms with Crippen LogP contribution in [0.5, 0.6) is 0 Å². The highest BCUT2D eigenvalue weighted by Crippen LogP contribution is 2.36. The van der Waals surface area contributed by atoms with Crippen molar-refractivity contribution in [1.82, 2.24) is 9.97 Å². The van der Waals surface area contributed by atoms with E-state index in [0.717, 1.165) is 56.8 Å². The summed E-state index contributed by atoms with van der Waals surface area (Å²) < 4.78 is 0. The summed E-state index contributed by atoms with van der Waals surface area (Å²) in [6.07, 6.45) is 8.45. The maximum atomic E-state index is 6.26. The molecule has 1 aliphatic carbocycles. The number of benzene rings is 4. The first-order valence-electron chi connectivity index (χ1n) is 10.9. The quantitative estimate of drug-likeness (QED) is 0.264. The molecule has 0 N–H and O–H groups in total. The van der Waals surface area contributed by atoms with E-state index in [1.807, 2.05) is 18.3 Å². The van der Waals surface area contributed by atoms with Crippen LogP contribution in [-0.2, 0) is 6.42 Å². The van der Waals surface area contributed by atoms with Crippen molar-refractivity contribution in [2.45, 2.75) is 19.8 Å². The van der Waals surface area contributed by atoms with Crippen LogP contribution in [0.3, 0.4) is 0 Å². The average molecular weight is 433 g/mol. The first-order chi connectivity index (χ1) is 15.7. The summed E-state index contributed by atoms with van der Waals surface area (Å²) in [4.78, 5) is 10.0. The molecule has 6 rings (SSSR count). The molecule has 0 saturated carbocycles. The Labute approximate surface area is 192 Å². The number of halogens is 1. The summed E-state index contributed by atoms with van der Waals surface area (Å²) >= 11 is 6.26. The Morgan fingerprint density at radius 2 is 1.59 bits per heavy atom. The van der Waals surface area contributed by atoms with Gasteiger partial charge in [-0.05, 0) is 65.1 Å². The lowest BCUT2D eigenvalue weighted by atomic mass is 9.90. The molecule has 154 valence electrons. The fourth-order valence-electron chi connectivity index (χ4n) is 4.76. The lowest BCUT2D eigenvalue weighted by molar-refractivity contribution is 0.994. The summed E-state index contributed by atoms with van der Waals surface area (Å²) in [6.45, 7) is 2.06. The van der Waals surface area contributed by atoms with E-state index in [2.05, 4.69) is 73.7 Å². The van der Waals surface area contributed by atoms with E-state index in [4.69, 9.17) is 21.6 Å². The van der Waals surface area contributed by atoms with Gasteiger partial charge in [0.1, 0.15) is 0 Å². The Kier molecular flexibility index (Phi) is 4.55. The van der Waals surface area contributed by atoms with E-state index >= 15 is 0 Å². The standard InChI is InChI=1S/C29H21ClN2/c1-18-14-21(16-22(30)15-18)19-10-12-20(13-11-19)27-17-31-28-25-8-4-2-6-23(25)24-7-3-5-9-26(24)29(28)32-27/h2-4,6-8,10-17H,5,9H2,1H3. The molecule has 0 fully saturated rings. The zero-order chi connectivity index (χ0) is 21.7. The molecule has 0 unspecified atom stereocenters. The number of rotatable bonds is 2. The second kappa shape index (κ2) is 7.58. The summed E-state index contributed by atoms with van der Waals surface area (Å²) in [5.41, 5.74) is 10.00. The summed E-state index contributed by atoms with van der Waals surface area (Å²) in [6, 6.07) is 23.1. The van der Waals surface area contributed by atoms with Gasteiger partial charge in [0.25, 0.3) is 0 Å². The number of allylic oxidation sites excluding steroid dienone is 1. The Balaban J connectivity index is 1.49. The molecule has 0 aliphatic heterocycles. The van der Waals surface area contributed by atoms with Crippen molar-refractivity contribution in [2.75, 3.05) is 0 Å². The molecule has 32 heavy (non-hydrogen) atoms. The van der Waals surface area contributed by atoms with E-state index in [9.17, 15) is 0 Å². The zero-order valence-corrected chi connectivity index (χ0v) is 18.5. The molecule has 0 bridgehead atoms. The fourth-order valence-corrected chi connectivity index (χ4v) is 5.05. The number of nitrogens with zero attached hydrogens (tertiary/aromatic N) is 2. The van der Waals surface area contributed by atoms with Crippen LogP contribution in [0.15, 0.2) is 79.0 Å². The van der Waals surface area contributed by atoms with Gasteiger partial charge >= 0.3 is 0 Å². The van der Waals surface area contributed by atoms with Gasteiger partial charge in [0.05, 0.1) is 22.9 Å². The molecule has 0 spiro atoms. The Bertz CT molecular complexity index is 1510. The van der Waals surface area contributed by atoms with Crippen LogP contribution >= 0.6 is 11.6 Å². The van der Waals surface area contributed by atoms with Crippen LogP contribution in [-0.4, -0.2) is 9.97 Å². The van der Waals surface area contributed by atoms with Crippen molar-refractivity contribution >= 4 is 39.5 Å². The van der Waals surface area contributed by atoms with Gasteiger partial charge in [0.15, 0.2) is 0 Å². The minimum atomic E-state index is 0.760. The first kappa shape index (κ1) is 19.2. The third kappa shape index (κ3) is 3.19. The van der Waals surface area contributed by atoms with Crippen LogP contribution in [0.1, 0.15) is 23.1 Å². The van der Waals surface area contributed by atoms with Gasteiger partial charge in [-0.3, -0.25) is 4.98 Å². The third-order valence-electron chi connectivity index (χ3n) is 6.26. The van der Waals surface area contributed by atoms with Crippen LogP contribution in [0.25, 0.3) is 50.3 Å². The predicted molar refractivity (Wildman–Crippen MR) is 135 cm³/mol. The predicted octanol–water partition coefficient (Wildman–Crippen LogP) is 8.04. The summed E-state index contributed by atoms with van der Waals surface area (Å²) in [5.74, 6) is 0. The molecule has 1 aliphatic rings. The molecule has 1 heterocycles. The Hall–Kier alpha value is -3.49. The van der Waals surface area contributed by atoms with Crippen LogP contribution in [0.4, 0.5) is 0 Å². The Morgan fingerprint density at radius 1 is 0.812 bits per heavy atom. The maximum Gasteiger partial charge on any atom is 0.0968 e. The van der Waals surface area contributed by atoms with Crippen molar-refractivity contribution < 1.29 is 0 Å². The molecule has 0 saturated heterocycles. The van der Waals surface area contributed by atoms with Crippen LogP contribution < -0.4 is 0 Å². The second-order valence-electron chi connectivity index (χ2n) is 8.43. The lowest BCUT2D eigenvalue weighted by Crippen LogP contribution is -2.01. The maximum absolute atomic E-state index is 6.26. The topological polar surface area (TPSA) is 25.8 Å². The van der Waals surface area contributed by atoms with E-state index in [0.29, 0.717) is 0 Å². The molecular weight excluding hydrogens is 412 g/mol. The first-order valence-corrected chi connectivity index (χ1v) is 11.3. The average Bonchev–Trinajstić information content (AvgIpc) is 2.83. The Morgan fingerprint density at radius 3 is 2.41 bits per heavy atom. The lowest BCUT2D eigenvalue weighted by Gasteiger charge is -2.17. The molecule has 1 aromatic heterocycles. The molecule has 0 amide bonds.